The number of nitrogens with zero attached hydrogens (tertiary/aromatic N) is 1. The van der Waals surface area contributed by atoms with Gasteiger partial charge in [0, 0.05) is 23.8 Å². The fourth-order valence-electron chi connectivity index (χ4n) is 1.92. The summed E-state index contributed by atoms with van der Waals surface area (Å²) in [6.45, 7) is 7.93. The number of hydrogen-bond acceptors (Lipinski definition) is 2. The van der Waals surface area contributed by atoms with Gasteiger partial charge in [-0.25, -0.2) is 8.93 Å². The van der Waals surface area contributed by atoms with Crippen LogP contribution in [-0.4, -0.2) is 13.9 Å². The monoisotopic (exact) mass is 276 g/mol. The zero-order valence-corrected chi connectivity index (χ0v) is 12.6. The molecule has 0 unspecified atom stereocenters. The third kappa shape index (κ3) is 3.19. The van der Waals surface area contributed by atoms with Crippen LogP contribution < -0.4 is 4.72 Å². The van der Waals surface area contributed by atoms with Gasteiger partial charge in [0.05, 0.1) is 15.7 Å². The third-order valence-electron chi connectivity index (χ3n) is 3.02. The lowest BCUT2D eigenvalue weighted by Crippen LogP contribution is -2.34. The highest BCUT2D eigenvalue weighted by Gasteiger charge is 2.22. The number of hydrogen-bond donors (Lipinski definition) is 1. The Hall–Kier alpha value is -1.26. The quantitative estimate of drug-likeness (QED) is 0.934. The molecule has 0 aliphatic rings. The van der Waals surface area contributed by atoms with Gasteiger partial charge in [0.25, 0.3) is 0 Å². The molecule has 0 aliphatic heterocycles. The van der Waals surface area contributed by atoms with Gasteiger partial charge < -0.3 is 0 Å². The van der Waals surface area contributed by atoms with Gasteiger partial charge >= 0.3 is 0 Å². The molecule has 0 bridgehead atoms. The SMILES string of the molecule is C[C@@H](N[S@@](=O)C(C)(C)C)c1cccc2ccncc12. The van der Waals surface area contributed by atoms with Crippen molar-refractivity contribution in [2.45, 2.75) is 38.5 Å². The number of pyridine rings is 1. The second kappa shape index (κ2) is 5.39. The molecule has 2 aromatic rings. The normalized spacial score (nSPS) is 15.4. The molecule has 19 heavy (non-hydrogen) atoms. The number of fused-ring (bicyclic) bond motifs is 1. The van der Waals surface area contributed by atoms with Crippen molar-refractivity contribution >= 4 is 21.8 Å². The largest absolute Gasteiger partial charge is 0.264 e. The molecule has 4 heteroatoms. The van der Waals surface area contributed by atoms with Crippen LogP contribution in [-0.2, 0) is 11.0 Å². The van der Waals surface area contributed by atoms with Crippen LogP contribution in [0.15, 0.2) is 36.7 Å². The zero-order valence-electron chi connectivity index (χ0n) is 11.8. The summed E-state index contributed by atoms with van der Waals surface area (Å²) in [6.07, 6.45) is 3.65. The first-order valence-corrected chi connectivity index (χ1v) is 7.55. The maximum Gasteiger partial charge on any atom is 0.0975 e. The Labute approximate surface area is 117 Å². The minimum atomic E-state index is -1.08. The molecule has 0 fully saturated rings. The summed E-state index contributed by atoms with van der Waals surface area (Å²) in [5, 5.41) is 2.26. The molecule has 1 aromatic carbocycles. The summed E-state index contributed by atoms with van der Waals surface area (Å²) in [6, 6.07) is 8.16. The average Bonchev–Trinajstić information content (AvgIpc) is 2.36. The van der Waals surface area contributed by atoms with Crippen LogP contribution >= 0.6 is 0 Å². The van der Waals surface area contributed by atoms with Crippen LogP contribution in [0.5, 0.6) is 0 Å². The van der Waals surface area contributed by atoms with Crippen molar-refractivity contribution in [3.05, 3.63) is 42.2 Å². The van der Waals surface area contributed by atoms with Crippen molar-refractivity contribution < 1.29 is 4.21 Å². The lowest BCUT2D eigenvalue weighted by atomic mass is 10.0. The minimum Gasteiger partial charge on any atom is -0.264 e. The van der Waals surface area contributed by atoms with Crippen molar-refractivity contribution in [1.29, 1.82) is 0 Å². The summed E-state index contributed by atoms with van der Waals surface area (Å²) in [7, 11) is -1.08. The Balaban J connectivity index is 2.32. The van der Waals surface area contributed by atoms with E-state index in [1.54, 1.807) is 6.20 Å². The molecular formula is C15H20N2OS. The van der Waals surface area contributed by atoms with Gasteiger partial charge in [0.2, 0.25) is 0 Å². The lowest BCUT2D eigenvalue weighted by Gasteiger charge is -2.22. The summed E-state index contributed by atoms with van der Waals surface area (Å²) in [5.41, 5.74) is 1.13. The number of benzene rings is 1. The Morgan fingerprint density at radius 3 is 2.68 bits per heavy atom. The molecule has 0 spiro atoms. The van der Waals surface area contributed by atoms with E-state index in [1.165, 1.54) is 0 Å². The Morgan fingerprint density at radius 2 is 2.00 bits per heavy atom. The Morgan fingerprint density at radius 1 is 1.26 bits per heavy atom. The van der Waals surface area contributed by atoms with Crippen LogP contribution in [0, 0.1) is 0 Å². The topological polar surface area (TPSA) is 42.0 Å². The van der Waals surface area contributed by atoms with E-state index < -0.39 is 11.0 Å². The first-order chi connectivity index (χ1) is 8.89. The maximum atomic E-state index is 12.2. The molecule has 0 aliphatic carbocycles. The molecule has 2 rings (SSSR count). The summed E-state index contributed by atoms with van der Waals surface area (Å²) in [5.74, 6) is 0. The molecule has 0 saturated heterocycles. The highest BCUT2D eigenvalue weighted by atomic mass is 32.2. The number of rotatable bonds is 3. The van der Waals surface area contributed by atoms with Gasteiger partial charge in [0.1, 0.15) is 0 Å². The van der Waals surface area contributed by atoms with Crippen LogP contribution in [0.3, 0.4) is 0 Å². The van der Waals surface area contributed by atoms with E-state index in [0.717, 1.165) is 16.3 Å². The second-order valence-corrected chi connectivity index (χ2v) is 7.66. The molecule has 1 aromatic heterocycles. The van der Waals surface area contributed by atoms with E-state index >= 15 is 0 Å². The summed E-state index contributed by atoms with van der Waals surface area (Å²) >= 11 is 0. The van der Waals surface area contributed by atoms with E-state index in [9.17, 15) is 4.21 Å². The van der Waals surface area contributed by atoms with Gasteiger partial charge in [0.15, 0.2) is 0 Å². The Kier molecular flexibility index (Phi) is 4.02. The highest BCUT2D eigenvalue weighted by Crippen LogP contribution is 2.24. The number of aromatic nitrogens is 1. The van der Waals surface area contributed by atoms with Gasteiger partial charge in [-0.15, -0.1) is 0 Å². The lowest BCUT2D eigenvalue weighted by molar-refractivity contribution is 0.617. The van der Waals surface area contributed by atoms with Crippen molar-refractivity contribution in [2.24, 2.45) is 0 Å². The van der Waals surface area contributed by atoms with Crippen molar-refractivity contribution in [3.8, 4) is 0 Å². The molecule has 1 heterocycles. The second-order valence-electron chi connectivity index (χ2n) is 5.66. The maximum absolute atomic E-state index is 12.2. The predicted molar refractivity (Wildman–Crippen MR) is 81.2 cm³/mol. The molecule has 0 amide bonds. The smallest absolute Gasteiger partial charge is 0.0975 e. The first-order valence-electron chi connectivity index (χ1n) is 6.40. The van der Waals surface area contributed by atoms with E-state index in [0.29, 0.717) is 0 Å². The van der Waals surface area contributed by atoms with Gasteiger partial charge in [-0.2, -0.15) is 0 Å². The predicted octanol–water partition coefficient (Wildman–Crippen LogP) is 3.35. The van der Waals surface area contributed by atoms with Crippen molar-refractivity contribution in [3.63, 3.8) is 0 Å². The van der Waals surface area contributed by atoms with E-state index in [-0.39, 0.29) is 10.8 Å². The standard InChI is InChI=1S/C15H20N2OS/c1-11(17-19(18)15(2,3)4)13-7-5-6-12-8-9-16-10-14(12)13/h5-11,17H,1-4H3/t11-,19+/m1/s1. The van der Waals surface area contributed by atoms with Crippen molar-refractivity contribution in [2.75, 3.05) is 0 Å². The molecule has 0 radical (unpaired) electrons. The average molecular weight is 276 g/mol. The van der Waals surface area contributed by atoms with Crippen LogP contribution in [0.2, 0.25) is 0 Å². The van der Waals surface area contributed by atoms with Crippen LogP contribution in [0.4, 0.5) is 0 Å². The van der Waals surface area contributed by atoms with Gasteiger partial charge in [-0.3, -0.25) is 4.98 Å². The first kappa shape index (κ1) is 14.2. The molecule has 102 valence electrons. The van der Waals surface area contributed by atoms with Gasteiger partial charge in [-0.1, -0.05) is 18.2 Å². The van der Waals surface area contributed by atoms with Gasteiger partial charge in [-0.05, 0) is 44.7 Å². The third-order valence-corrected chi connectivity index (χ3v) is 4.70. The van der Waals surface area contributed by atoms with E-state index in [1.807, 2.05) is 46.0 Å². The van der Waals surface area contributed by atoms with Crippen LogP contribution in [0.25, 0.3) is 10.8 Å². The van der Waals surface area contributed by atoms with Crippen LogP contribution in [0.1, 0.15) is 39.3 Å². The summed E-state index contributed by atoms with van der Waals surface area (Å²) in [4.78, 5) is 4.18. The summed E-state index contributed by atoms with van der Waals surface area (Å²) < 4.78 is 15.1. The fourth-order valence-corrected chi connectivity index (χ4v) is 2.72. The molecule has 1 N–H and O–H groups in total. The number of nitrogens with one attached hydrogen (secondary N) is 1. The molecular weight excluding hydrogens is 256 g/mol. The molecule has 2 atom stereocenters. The minimum absolute atomic E-state index is 0.0213. The fraction of sp³-hybridized carbons (Fsp3) is 0.400. The Bertz CT molecular complexity index is 599. The van der Waals surface area contributed by atoms with E-state index in [4.69, 9.17) is 0 Å². The molecule has 3 nitrogen and oxygen atoms in total. The van der Waals surface area contributed by atoms with Crippen molar-refractivity contribution in [1.82, 2.24) is 9.71 Å². The van der Waals surface area contributed by atoms with E-state index in [2.05, 4.69) is 21.8 Å². The zero-order chi connectivity index (χ0) is 14.0. The highest BCUT2D eigenvalue weighted by molar-refractivity contribution is 7.84. The molecule has 0 saturated carbocycles.